The Kier molecular flexibility index (Phi) is 5.66. The Hall–Kier alpha value is -3.80. The number of hydrogen-bond acceptors (Lipinski definition) is 6. The molecule has 0 aromatic heterocycles. The first-order valence-corrected chi connectivity index (χ1v) is 9.50. The molecule has 6 nitrogen and oxygen atoms in total. The van der Waals surface area contributed by atoms with Crippen LogP contribution in [0.1, 0.15) is 32.4 Å². The second kappa shape index (κ2) is 8.69. The molecule has 0 radical (unpaired) electrons. The van der Waals surface area contributed by atoms with Crippen molar-refractivity contribution in [3.63, 3.8) is 0 Å². The summed E-state index contributed by atoms with van der Waals surface area (Å²) in [5.74, 6) is 0.242. The summed E-state index contributed by atoms with van der Waals surface area (Å²) in [5.41, 5.74) is 1.25. The third kappa shape index (κ3) is 3.98. The van der Waals surface area contributed by atoms with E-state index < -0.39 is 12.1 Å². The molecule has 3 aromatic carbocycles. The Morgan fingerprint density at radius 2 is 1.53 bits per heavy atom. The molecule has 4 rings (SSSR count). The zero-order valence-corrected chi connectivity index (χ0v) is 16.4. The number of Topliss-reactive ketones (excluding diaryl/α,β-unsaturated/α-hetero) is 1. The molecule has 0 fully saturated rings. The average Bonchev–Trinajstić information content (AvgIpc) is 2.82. The van der Waals surface area contributed by atoms with E-state index in [1.807, 2.05) is 12.1 Å². The van der Waals surface area contributed by atoms with E-state index in [1.165, 1.54) is 19.2 Å². The van der Waals surface area contributed by atoms with Crippen LogP contribution in [0, 0.1) is 0 Å². The number of ether oxygens (including phenoxy) is 4. The van der Waals surface area contributed by atoms with Crippen molar-refractivity contribution in [2.75, 3.05) is 20.3 Å². The number of rotatable bonds is 6. The lowest BCUT2D eigenvalue weighted by molar-refractivity contribution is 0.0279. The summed E-state index contributed by atoms with van der Waals surface area (Å²) in [7, 11) is 1.48. The zero-order chi connectivity index (χ0) is 20.9. The van der Waals surface area contributed by atoms with Crippen molar-refractivity contribution < 1.29 is 28.5 Å². The maximum atomic E-state index is 13.1. The lowest BCUT2D eigenvalue weighted by Crippen LogP contribution is -2.21. The van der Waals surface area contributed by atoms with E-state index in [4.69, 9.17) is 18.9 Å². The predicted octanol–water partition coefficient (Wildman–Crippen LogP) is 4.25. The first-order chi connectivity index (χ1) is 14.7. The minimum absolute atomic E-state index is 0.206. The van der Waals surface area contributed by atoms with Gasteiger partial charge in [-0.25, -0.2) is 4.79 Å². The molecule has 1 aliphatic heterocycles. The largest absolute Gasteiger partial charge is 0.493 e. The first-order valence-electron chi connectivity index (χ1n) is 9.50. The molecule has 6 heteroatoms. The number of fused-ring (bicyclic) bond motifs is 1. The van der Waals surface area contributed by atoms with Gasteiger partial charge >= 0.3 is 5.97 Å². The number of carbonyl (C=O) groups is 2. The van der Waals surface area contributed by atoms with E-state index in [0.29, 0.717) is 41.6 Å². The van der Waals surface area contributed by atoms with Crippen molar-refractivity contribution >= 4 is 11.8 Å². The third-order valence-electron chi connectivity index (χ3n) is 4.69. The van der Waals surface area contributed by atoms with Crippen LogP contribution in [0.3, 0.4) is 0 Å². The molecular weight excluding hydrogens is 384 g/mol. The van der Waals surface area contributed by atoms with Crippen molar-refractivity contribution in [1.29, 1.82) is 0 Å². The summed E-state index contributed by atoms with van der Waals surface area (Å²) in [4.78, 5) is 26.1. The normalized spacial score (nSPS) is 13.2. The topological polar surface area (TPSA) is 71.1 Å². The third-order valence-corrected chi connectivity index (χ3v) is 4.69. The van der Waals surface area contributed by atoms with Crippen molar-refractivity contribution in [3.05, 3.63) is 89.5 Å². The highest BCUT2D eigenvalue weighted by Gasteiger charge is 2.28. The van der Waals surface area contributed by atoms with Gasteiger partial charge in [-0.3, -0.25) is 4.79 Å². The van der Waals surface area contributed by atoms with Gasteiger partial charge < -0.3 is 18.9 Å². The molecule has 3 aromatic rings. The van der Waals surface area contributed by atoms with Gasteiger partial charge in [0.05, 0.1) is 12.7 Å². The fraction of sp³-hybridized carbons (Fsp3) is 0.167. The van der Waals surface area contributed by atoms with Gasteiger partial charge in [-0.15, -0.1) is 0 Å². The van der Waals surface area contributed by atoms with Crippen LogP contribution < -0.4 is 14.2 Å². The highest BCUT2D eigenvalue weighted by atomic mass is 16.6. The van der Waals surface area contributed by atoms with Crippen LogP contribution in [0.25, 0.3) is 0 Å². The van der Waals surface area contributed by atoms with Gasteiger partial charge in [0.2, 0.25) is 11.5 Å². The van der Waals surface area contributed by atoms with Crippen molar-refractivity contribution in [2.24, 2.45) is 0 Å². The van der Waals surface area contributed by atoms with Crippen LogP contribution in [-0.2, 0) is 4.74 Å². The minimum Gasteiger partial charge on any atom is -0.493 e. The molecule has 30 heavy (non-hydrogen) atoms. The van der Waals surface area contributed by atoms with Crippen LogP contribution in [0.5, 0.6) is 17.2 Å². The first kappa shape index (κ1) is 19.5. The number of benzene rings is 3. The number of ketones is 1. The fourth-order valence-electron chi connectivity index (χ4n) is 3.22. The van der Waals surface area contributed by atoms with Gasteiger partial charge in [0, 0.05) is 11.1 Å². The molecule has 0 N–H and O–H groups in total. The second-order valence-electron chi connectivity index (χ2n) is 6.63. The molecule has 0 saturated heterocycles. The molecule has 1 aliphatic rings. The lowest BCUT2D eigenvalue weighted by atomic mass is 9.99. The van der Waals surface area contributed by atoms with Gasteiger partial charge in [0.15, 0.2) is 17.6 Å². The summed E-state index contributed by atoms with van der Waals surface area (Å²) in [5, 5.41) is 0. The number of carbonyl (C=O) groups excluding carboxylic acids is 2. The molecule has 0 amide bonds. The van der Waals surface area contributed by atoms with E-state index in [9.17, 15) is 9.59 Å². The molecule has 1 heterocycles. The lowest BCUT2D eigenvalue weighted by Gasteiger charge is -2.22. The van der Waals surface area contributed by atoms with E-state index in [1.54, 1.807) is 48.5 Å². The van der Waals surface area contributed by atoms with Crippen LogP contribution in [0.15, 0.2) is 72.8 Å². The Labute approximate surface area is 174 Å². The smallest absolute Gasteiger partial charge is 0.339 e. The van der Waals surface area contributed by atoms with E-state index >= 15 is 0 Å². The van der Waals surface area contributed by atoms with Crippen molar-refractivity contribution in [2.45, 2.75) is 6.10 Å². The van der Waals surface area contributed by atoms with Crippen molar-refractivity contribution in [1.82, 2.24) is 0 Å². The number of methoxy groups -OCH3 is 1. The Morgan fingerprint density at radius 3 is 2.23 bits per heavy atom. The molecule has 0 saturated carbocycles. The predicted molar refractivity (Wildman–Crippen MR) is 109 cm³/mol. The minimum atomic E-state index is -1.08. The monoisotopic (exact) mass is 404 g/mol. The molecule has 152 valence electrons. The molecule has 0 spiro atoms. The quantitative estimate of drug-likeness (QED) is 0.452. The Morgan fingerprint density at radius 1 is 0.867 bits per heavy atom. The molecular formula is C24H20O6. The van der Waals surface area contributed by atoms with Gasteiger partial charge in [-0.1, -0.05) is 60.7 Å². The van der Waals surface area contributed by atoms with Crippen LogP contribution in [0.4, 0.5) is 0 Å². The van der Waals surface area contributed by atoms with Gasteiger partial charge in [0.25, 0.3) is 0 Å². The van der Waals surface area contributed by atoms with Crippen LogP contribution >= 0.6 is 0 Å². The Bertz CT molecular complexity index is 1030. The van der Waals surface area contributed by atoms with Crippen molar-refractivity contribution in [3.8, 4) is 17.2 Å². The standard InChI is InChI=1S/C24H20O6/c1-27-19-14-18(15-20-23(19)29-13-12-28-20)24(26)30-22(17-10-6-3-7-11-17)21(25)16-8-4-2-5-9-16/h2-11,14-15,22H,12-13H2,1H3/t22-/m1/s1. The summed E-state index contributed by atoms with van der Waals surface area (Å²) >= 11 is 0. The Balaban J connectivity index is 1.66. The van der Waals surface area contributed by atoms with E-state index in [2.05, 4.69) is 0 Å². The summed E-state index contributed by atoms with van der Waals surface area (Å²) in [6.45, 7) is 0.766. The maximum absolute atomic E-state index is 13.1. The summed E-state index contributed by atoms with van der Waals surface area (Å²) in [6, 6.07) is 20.7. The summed E-state index contributed by atoms with van der Waals surface area (Å²) in [6.07, 6.45) is -1.08. The van der Waals surface area contributed by atoms with Crippen LogP contribution in [0.2, 0.25) is 0 Å². The highest BCUT2D eigenvalue weighted by Crippen LogP contribution is 2.40. The maximum Gasteiger partial charge on any atom is 0.339 e. The SMILES string of the molecule is COc1cc(C(=O)O[C@@H](C(=O)c2ccccc2)c2ccccc2)cc2c1OCCO2. The summed E-state index contributed by atoms with van der Waals surface area (Å²) < 4.78 is 22.2. The van der Waals surface area contributed by atoms with Gasteiger partial charge in [-0.05, 0) is 12.1 Å². The average molecular weight is 404 g/mol. The second-order valence-corrected chi connectivity index (χ2v) is 6.63. The number of esters is 1. The molecule has 0 unspecified atom stereocenters. The van der Waals surface area contributed by atoms with Gasteiger partial charge in [0.1, 0.15) is 13.2 Å². The molecule has 0 aliphatic carbocycles. The van der Waals surface area contributed by atoms with Crippen LogP contribution in [-0.4, -0.2) is 32.1 Å². The zero-order valence-electron chi connectivity index (χ0n) is 16.4. The van der Waals surface area contributed by atoms with E-state index in [0.717, 1.165) is 0 Å². The number of hydrogen-bond donors (Lipinski definition) is 0. The molecule has 0 bridgehead atoms. The van der Waals surface area contributed by atoms with Gasteiger partial charge in [-0.2, -0.15) is 0 Å². The highest BCUT2D eigenvalue weighted by molar-refractivity contribution is 6.02. The molecule has 1 atom stereocenters. The van der Waals surface area contributed by atoms with E-state index in [-0.39, 0.29) is 11.3 Å². The fourth-order valence-corrected chi connectivity index (χ4v) is 3.22.